The van der Waals surface area contributed by atoms with Crippen molar-refractivity contribution in [3.8, 4) is 0 Å². The molecule has 0 radical (unpaired) electrons. The highest BCUT2D eigenvalue weighted by atomic mass is 32.1. The Balaban J connectivity index is 4.43. The lowest BCUT2D eigenvalue weighted by Gasteiger charge is -2.05. The minimum absolute atomic E-state index is 0.0417. The Kier molecular flexibility index (Phi) is 3.15. The lowest BCUT2D eigenvalue weighted by molar-refractivity contribution is -0.127. The first-order chi connectivity index (χ1) is 4.46. The fourth-order valence-electron chi connectivity index (χ4n) is 0.687. The molecule has 0 fully saturated rings. The monoisotopic (exact) mass is 159 g/mol. The van der Waals surface area contributed by atoms with Gasteiger partial charge in [0.25, 0.3) is 0 Å². The normalized spacial score (nSPS) is 9.50. The summed E-state index contributed by atoms with van der Waals surface area (Å²) in [6, 6.07) is 0. The summed E-state index contributed by atoms with van der Waals surface area (Å²) in [5.74, 6) is -1.46. The first kappa shape index (κ1) is 9.23. The van der Waals surface area contributed by atoms with Gasteiger partial charge in [-0.15, -0.1) is 0 Å². The van der Waals surface area contributed by atoms with E-state index in [2.05, 4.69) is 12.2 Å². The molecule has 0 atom stereocenters. The number of thiocarbonyl (C=S) groups is 1. The summed E-state index contributed by atoms with van der Waals surface area (Å²) < 4.78 is 0. The molecule has 0 aliphatic carbocycles. The van der Waals surface area contributed by atoms with Crippen molar-refractivity contribution >= 4 is 28.8 Å². The van der Waals surface area contributed by atoms with Crippen LogP contribution in [-0.4, -0.2) is 16.6 Å². The van der Waals surface area contributed by atoms with Crippen molar-refractivity contribution in [3.05, 3.63) is 0 Å². The first-order valence-corrected chi connectivity index (χ1v) is 3.18. The van der Waals surface area contributed by atoms with Crippen molar-refractivity contribution < 1.29 is 9.59 Å². The smallest absolute Gasteiger partial charge is 0.147 e. The maximum atomic E-state index is 10.6. The Hall–Kier alpha value is -0.770. The van der Waals surface area contributed by atoms with Crippen LogP contribution in [0.4, 0.5) is 0 Å². The standard InChI is InChI=1S/C6H9NO2S/c1-3(8)5(4(2)9)6(7)10/h5H,1-2H3,(H2,7,10). The minimum atomic E-state index is -0.880. The van der Waals surface area contributed by atoms with Gasteiger partial charge < -0.3 is 5.73 Å². The average Bonchev–Trinajstić information content (AvgIpc) is 1.59. The predicted octanol–water partition coefficient (Wildman–Crippen LogP) is 0.0667. The average molecular weight is 159 g/mol. The molecule has 0 unspecified atom stereocenters. The molecule has 2 N–H and O–H groups in total. The molecule has 56 valence electrons. The van der Waals surface area contributed by atoms with Crippen molar-refractivity contribution in [2.75, 3.05) is 0 Å². The SMILES string of the molecule is CC(=O)C(C(C)=O)C(N)=S. The van der Waals surface area contributed by atoms with Crippen LogP contribution in [-0.2, 0) is 9.59 Å². The van der Waals surface area contributed by atoms with E-state index in [0.717, 1.165) is 0 Å². The molecule has 0 amide bonds. The lowest BCUT2D eigenvalue weighted by atomic mass is 10.0. The van der Waals surface area contributed by atoms with Gasteiger partial charge in [0.05, 0.1) is 4.99 Å². The van der Waals surface area contributed by atoms with E-state index in [0.29, 0.717) is 0 Å². The molecule has 0 saturated heterocycles. The summed E-state index contributed by atoms with van der Waals surface area (Å²) in [7, 11) is 0. The van der Waals surface area contributed by atoms with Crippen LogP contribution >= 0.6 is 12.2 Å². The van der Waals surface area contributed by atoms with Crippen LogP contribution in [0.5, 0.6) is 0 Å². The van der Waals surface area contributed by atoms with Gasteiger partial charge >= 0.3 is 0 Å². The third-order valence-electron chi connectivity index (χ3n) is 1.10. The van der Waals surface area contributed by atoms with Crippen LogP contribution in [0.3, 0.4) is 0 Å². The number of Topliss-reactive ketones (excluding diaryl/α,β-unsaturated/α-hetero) is 2. The maximum Gasteiger partial charge on any atom is 0.147 e. The Labute approximate surface area is 64.6 Å². The molecule has 0 aliphatic heterocycles. The fourth-order valence-corrected chi connectivity index (χ4v) is 1.02. The lowest BCUT2D eigenvalue weighted by Crippen LogP contribution is -2.32. The van der Waals surface area contributed by atoms with E-state index in [1.165, 1.54) is 13.8 Å². The molecular formula is C6H9NO2S. The molecule has 0 aromatic heterocycles. The Morgan fingerprint density at radius 3 is 1.60 bits per heavy atom. The van der Waals surface area contributed by atoms with Gasteiger partial charge in [-0.3, -0.25) is 9.59 Å². The van der Waals surface area contributed by atoms with E-state index in [-0.39, 0.29) is 16.6 Å². The zero-order valence-electron chi connectivity index (χ0n) is 5.88. The predicted molar refractivity (Wildman–Crippen MR) is 41.6 cm³/mol. The summed E-state index contributed by atoms with van der Waals surface area (Å²) >= 11 is 4.51. The van der Waals surface area contributed by atoms with Gasteiger partial charge in [0.15, 0.2) is 0 Å². The van der Waals surface area contributed by atoms with E-state index in [1.807, 2.05) is 0 Å². The van der Waals surface area contributed by atoms with Crippen molar-refractivity contribution in [1.29, 1.82) is 0 Å². The zero-order valence-corrected chi connectivity index (χ0v) is 6.70. The van der Waals surface area contributed by atoms with Gasteiger partial charge in [-0.1, -0.05) is 12.2 Å². The second-order valence-corrected chi connectivity index (χ2v) is 2.53. The summed E-state index contributed by atoms with van der Waals surface area (Å²) in [6.45, 7) is 2.59. The number of ketones is 2. The highest BCUT2D eigenvalue weighted by Crippen LogP contribution is 1.99. The Morgan fingerprint density at radius 2 is 1.60 bits per heavy atom. The summed E-state index contributed by atoms with van der Waals surface area (Å²) in [6.07, 6.45) is 0. The number of hydrogen-bond acceptors (Lipinski definition) is 3. The molecule has 0 heterocycles. The molecule has 3 nitrogen and oxygen atoms in total. The highest BCUT2D eigenvalue weighted by molar-refractivity contribution is 7.80. The second-order valence-electron chi connectivity index (χ2n) is 2.06. The van der Waals surface area contributed by atoms with Crippen LogP contribution in [0.2, 0.25) is 0 Å². The molecule has 0 aromatic rings. The van der Waals surface area contributed by atoms with Crippen LogP contribution < -0.4 is 5.73 Å². The van der Waals surface area contributed by atoms with E-state index in [1.54, 1.807) is 0 Å². The van der Waals surface area contributed by atoms with E-state index in [4.69, 9.17) is 5.73 Å². The summed E-state index contributed by atoms with van der Waals surface area (Å²) in [5, 5.41) is 0. The van der Waals surface area contributed by atoms with Crippen molar-refractivity contribution in [2.24, 2.45) is 11.7 Å². The van der Waals surface area contributed by atoms with Crippen molar-refractivity contribution in [2.45, 2.75) is 13.8 Å². The molecule has 0 saturated carbocycles. The number of nitrogens with two attached hydrogens (primary N) is 1. The molecule has 0 bridgehead atoms. The third-order valence-corrected chi connectivity index (χ3v) is 1.33. The van der Waals surface area contributed by atoms with Crippen molar-refractivity contribution in [1.82, 2.24) is 0 Å². The molecule has 0 aliphatic rings. The highest BCUT2D eigenvalue weighted by Gasteiger charge is 2.21. The molecule has 10 heavy (non-hydrogen) atoms. The molecule has 0 spiro atoms. The zero-order chi connectivity index (χ0) is 8.31. The number of carbonyl (C=O) groups is 2. The molecule has 0 rings (SSSR count). The number of hydrogen-bond donors (Lipinski definition) is 1. The van der Waals surface area contributed by atoms with Crippen LogP contribution in [0.15, 0.2) is 0 Å². The topological polar surface area (TPSA) is 60.2 Å². The van der Waals surface area contributed by atoms with Gasteiger partial charge in [0.2, 0.25) is 0 Å². The van der Waals surface area contributed by atoms with Gasteiger partial charge in [-0.05, 0) is 13.8 Å². The van der Waals surface area contributed by atoms with Gasteiger partial charge in [0.1, 0.15) is 17.5 Å². The van der Waals surface area contributed by atoms with Crippen LogP contribution in [0, 0.1) is 5.92 Å². The number of rotatable bonds is 3. The van der Waals surface area contributed by atoms with Gasteiger partial charge in [-0.2, -0.15) is 0 Å². The largest absolute Gasteiger partial charge is 0.392 e. The summed E-state index contributed by atoms with van der Waals surface area (Å²) in [4.78, 5) is 21.2. The first-order valence-electron chi connectivity index (χ1n) is 2.77. The van der Waals surface area contributed by atoms with Crippen molar-refractivity contribution in [3.63, 3.8) is 0 Å². The third kappa shape index (κ3) is 2.23. The van der Waals surface area contributed by atoms with E-state index in [9.17, 15) is 9.59 Å². The number of carbonyl (C=O) groups excluding carboxylic acids is 2. The molecule has 0 aromatic carbocycles. The second kappa shape index (κ2) is 3.41. The molecule has 4 heteroatoms. The van der Waals surface area contributed by atoms with E-state index < -0.39 is 5.92 Å². The van der Waals surface area contributed by atoms with Crippen LogP contribution in [0.1, 0.15) is 13.8 Å². The Morgan fingerprint density at radius 1 is 1.30 bits per heavy atom. The van der Waals surface area contributed by atoms with Gasteiger partial charge in [0, 0.05) is 0 Å². The maximum absolute atomic E-state index is 10.6. The molecular weight excluding hydrogens is 150 g/mol. The fraction of sp³-hybridized carbons (Fsp3) is 0.500. The van der Waals surface area contributed by atoms with E-state index >= 15 is 0 Å². The summed E-state index contributed by atoms with van der Waals surface area (Å²) in [5.41, 5.74) is 5.13. The quantitative estimate of drug-likeness (QED) is 0.467. The minimum Gasteiger partial charge on any atom is -0.392 e. The van der Waals surface area contributed by atoms with Gasteiger partial charge in [-0.25, -0.2) is 0 Å². The Bertz CT molecular complexity index is 155. The van der Waals surface area contributed by atoms with Crippen LogP contribution in [0.25, 0.3) is 0 Å².